The van der Waals surface area contributed by atoms with Crippen molar-refractivity contribution in [2.45, 2.75) is 32.3 Å². The number of nitrogens with one attached hydrogen (secondary N) is 2. The quantitative estimate of drug-likeness (QED) is 0.628. The van der Waals surface area contributed by atoms with Crippen molar-refractivity contribution in [3.8, 4) is 0 Å². The van der Waals surface area contributed by atoms with Gasteiger partial charge in [0.25, 0.3) is 0 Å². The molecule has 0 saturated carbocycles. The molecule has 1 atom stereocenters. The average molecular weight is 250 g/mol. The van der Waals surface area contributed by atoms with Crippen molar-refractivity contribution in [3.63, 3.8) is 0 Å². The Morgan fingerprint density at radius 3 is 2.75 bits per heavy atom. The van der Waals surface area contributed by atoms with Gasteiger partial charge in [-0.1, -0.05) is 6.92 Å². The van der Waals surface area contributed by atoms with Crippen molar-refractivity contribution < 1.29 is 13.2 Å². The molecule has 6 heteroatoms. The van der Waals surface area contributed by atoms with Gasteiger partial charge in [0, 0.05) is 19.7 Å². The maximum atomic E-state index is 11.6. The Labute approximate surface area is 98.0 Å². The second kappa shape index (κ2) is 5.95. The summed E-state index contributed by atoms with van der Waals surface area (Å²) < 4.78 is 31.3. The molecule has 1 rings (SSSR count). The van der Waals surface area contributed by atoms with Crippen LogP contribution in [0, 0.1) is 0 Å². The second-order valence-corrected chi connectivity index (χ2v) is 6.32. The highest BCUT2D eigenvalue weighted by atomic mass is 32.2. The smallest absolute Gasteiger partial charge is 0.212 e. The fourth-order valence-corrected chi connectivity index (χ4v) is 2.78. The number of sulfonamides is 1. The standard InChI is InChI=1S/C10H22N2O3S/c1-3-11-6-8-16(13,14)12-9-10(2)5-4-7-15-10/h11-12H,3-9H2,1-2H3. The molecule has 1 aliphatic rings. The highest BCUT2D eigenvalue weighted by Gasteiger charge is 2.30. The van der Waals surface area contributed by atoms with E-state index in [0.29, 0.717) is 13.1 Å². The Hall–Kier alpha value is -0.170. The summed E-state index contributed by atoms with van der Waals surface area (Å²) in [6, 6.07) is 0. The molecule has 1 unspecified atom stereocenters. The summed E-state index contributed by atoms with van der Waals surface area (Å²) in [5.41, 5.74) is -0.314. The molecule has 0 radical (unpaired) electrons. The van der Waals surface area contributed by atoms with Crippen LogP contribution in [0.5, 0.6) is 0 Å². The van der Waals surface area contributed by atoms with Crippen LogP contribution in [-0.4, -0.2) is 46.0 Å². The van der Waals surface area contributed by atoms with E-state index in [1.165, 1.54) is 0 Å². The molecule has 0 aromatic rings. The molecular formula is C10H22N2O3S. The maximum absolute atomic E-state index is 11.6. The Kier molecular flexibility index (Phi) is 5.17. The summed E-state index contributed by atoms with van der Waals surface area (Å²) in [5, 5.41) is 2.99. The van der Waals surface area contributed by atoms with Gasteiger partial charge in [-0.2, -0.15) is 0 Å². The summed E-state index contributed by atoms with van der Waals surface area (Å²) in [4.78, 5) is 0. The zero-order valence-corrected chi connectivity index (χ0v) is 10.9. The first-order valence-corrected chi connectivity index (χ1v) is 7.45. The maximum Gasteiger partial charge on any atom is 0.212 e. The van der Waals surface area contributed by atoms with Crippen molar-refractivity contribution in [3.05, 3.63) is 0 Å². The lowest BCUT2D eigenvalue weighted by molar-refractivity contribution is 0.0250. The average Bonchev–Trinajstić information content (AvgIpc) is 2.64. The molecule has 0 amide bonds. The second-order valence-electron chi connectivity index (χ2n) is 4.40. The molecule has 5 nitrogen and oxygen atoms in total. The van der Waals surface area contributed by atoms with Crippen LogP contribution in [0.2, 0.25) is 0 Å². The van der Waals surface area contributed by atoms with Crippen LogP contribution >= 0.6 is 0 Å². The van der Waals surface area contributed by atoms with Crippen molar-refractivity contribution in [2.24, 2.45) is 0 Å². The minimum Gasteiger partial charge on any atom is -0.374 e. The van der Waals surface area contributed by atoms with E-state index < -0.39 is 10.0 Å². The van der Waals surface area contributed by atoms with Crippen LogP contribution in [-0.2, 0) is 14.8 Å². The normalized spacial score (nSPS) is 26.1. The van der Waals surface area contributed by atoms with E-state index in [9.17, 15) is 8.42 Å². The lowest BCUT2D eigenvalue weighted by Crippen LogP contribution is -2.42. The molecule has 0 bridgehead atoms. The summed E-state index contributed by atoms with van der Waals surface area (Å²) in [6.45, 7) is 6.29. The van der Waals surface area contributed by atoms with Crippen LogP contribution < -0.4 is 10.0 Å². The Morgan fingerprint density at radius 2 is 2.19 bits per heavy atom. The number of hydrogen-bond acceptors (Lipinski definition) is 4. The summed E-state index contributed by atoms with van der Waals surface area (Å²) in [6.07, 6.45) is 1.93. The van der Waals surface area contributed by atoms with Gasteiger partial charge < -0.3 is 10.1 Å². The largest absolute Gasteiger partial charge is 0.374 e. The molecule has 1 heterocycles. The van der Waals surface area contributed by atoms with E-state index in [2.05, 4.69) is 10.0 Å². The van der Waals surface area contributed by atoms with Gasteiger partial charge in [-0.15, -0.1) is 0 Å². The van der Waals surface area contributed by atoms with Crippen LogP contribution in [0.1, 0.15) is 26.7 Å². The molecule has 0 spiro atoms. The number of rotatable bonds is 7. The van der Waals surface area contributed by atoms with Crippen molar-refractivity contribution in [1.82, 2.24) is 10.0 Å². The van der Waals surface area contributed by atoms with Crippen LogP contribution in [0.4, 0.5) is 0 Å². The third-order valence-electron chi connectivity index (χ3n) is 2.76. The minimum absolute atomic E-state index is 0.122. The summed E-state index contributed by atoms with van der Waals surface area (Å²) in [7, 11) is -3.17. The van der Waals surface area contributed by atoms with Gasteiger partial charge in [0.2, 0.25) is 10.0 Å². The van der Waals surface area contributed by atoms with E-state index in [1.807, 2.05) is 13.8 Å². The lowest BCUT2D eigenvalue weighted by atomic mass is 10.0. The van der Waals surface area contributed by atoms with E-state index in [4.69, 9.17) is 4.74 Å². The molecule has 2 N–H and O–H groups in total. The van der Waals surface area contributed by atoms with Gasteiger partial charge in [0.15, 0.2) is 0 Å². The van der Waals surface area contributed by atoms with Gasteiger partial charge in [-0.05, 0) is 26.3 Å². The first kappa shape index (κ1) is 13.9. The Morgan fingerprint density at radius 1 is 1.44 bits per heavy atom. The van der Waals surface area contributed by atoms with Crippen LogP contribution in [0.3, 0.4) is 0 Å². The molecule has 0 aliphatic carbocycles. The minimum atomic E-state index is -3.17. The number of ether oxygens (including phenoxy) is 1. The zero-order valence-electron chi connectivity index (χ0n) is 10.1. The molecule has 96 valence electrons. The third kappa shape index (κ3) is 4.78. The zero-order chi connectivity index (χ0) is 12.1. The van der Waals surface area contributed by atoms with Gasteiger partial charge in [-0.25, -0.2) is 13.1 Å². The summed E-state index contributed by atoms with van der Waals surface area (Å²) in [5.74, 6) is 0.122. The molecule has 16 heavy (non-hydrogen) atoms. The molecule has 1 aliphatic heterocycles. The highest BCUT2D eigenvalue weighted by molar-refractivity contribution is 7.89. The first-order chi connectivity index (χ1) is 7.47. The molecule has 1 saturated heterocycles. The van der Waals surface area contributed by atoms with Crippen molar-refractivity contribution in [2.75, 3.05) is 32.0 Å². The van der Waals surface area contributed by atoms with Crippen molar-refractivity contribution in [1.29, 1.82) is 0 Å². The van der Waals surface area contributed by atoms with Gasteiger partial charge >= 0.3 is 0 Å². The predicted molar refractivity (Wildman–Crippen MR) is 63.9 cm³/mol. The van der Waals surface area contributed by atoms with E-state index in [0.717, 1.165) is 26.0 Å². The van der Waals surface area contributed by atoms with Gasteiger partial charge in [-0.3, -0.25) is 0 Å². The topological polar surface area (TPSA) is 67.4 Å². The highest BCUT2D eigenvalue weighted by Crippen LogP contribution is 2.23. The lowest BCUT2D eigenvalue weighted by Gasteiger charge is -2.23. The molecule has 0 aromatic carbocycles. The SMILES string of the molecule is CCNCCS(=O)(=O)NCC1(C)CCCO1. The Balaban J connectivity index is 2.30. The van der Waals surface area contributed by atoms with Gasteiger partial charge in [0.1, 0.15) is 0 Å². The Bertz CT molecular complexity index is 297. The fraction of sp³-hybridized carbons (Fsp3) is 1.00. The van der Waals surface area contributed by atoms with Crippen LogP contribution in [0.25, 0.3) is 0 Å². The fourth-order valence-electron chi connectivity index (χ4n) is 1.69. The van der Waals surface area contributed by atoms with Crippen LogP contribution in [0.15, 0.2) is 0 Å². The van der Waals surface area contributed by atoms with E-state index in [-0.39, 0.29) is 11.4 Å². The molecule has 0 aromatic heterocycles. The monoisotopic (exact) mass is 250 g/mol. The van der Waals surface area contributed by atoms with E-state index in [1.54, 1.807) is 0 Å². The third-order valence-corrected chi connectivity index (χ3v) is 4.09. The van der Waals surface area contributed by atoms with E-state index >= 15 is 0 Å². The molecular weight excluding hydrogens is 228 g/mol. The molecule has 1 fully saturated rings. The predicted octanol–water partition coefficient (Wildman–Crippen LogP) is 0.0844. The van der Waals surface area contributed by atoms with Crippen molar-refractivity contribution >= 4 is 10.0 Å². The number of hydrogen-bond donors (Lipinski definition) is 2. The van der Waals surface area contributed by atoms with Gasteiger partial charge in [0.05, 0.1) is 11.4 Å². The first-order valence-electron chi connectivity index (χ1n) is 5.79. The summed E-state index contributed by atoms with van der Waals surface area (Å²) >= 11 is 0.